The molecule has 1 aliphatic rings. The second-order valence-electron chi connectivity index (χ2n) is 6.01. The summed E-state index contributed by atoms with van der Waals surface area (Å²) < 4.78 is 25.5. The minimum absolute atomic E-state index is 0.320. The van der Waals surface area contributed by atoms with Crippen molar-refractivity contribution < 1.29 is 13.6 Å². The van der Waals surface area contributed by atoms with E-state index >= 15 is 0 Å². The predicted molar refractivity (Wildman–Crippen MR) is 103 cm³/mol. The van der Waals surface area contributed by atoms with Crippen molar-refractivity contribution >= 4 is 35.0 Å². The Kier molecular flexibility index (Phi) is 3.99. The zero-order valence-corrected chi connectivity index (χ0v) is 15.1. The molecule has 4 rings (SSSR count). The van der Waals surface area contributed by atoms with E-state index in [0.717, 1.165) is 27.5 Å². The molecule has 3 aromatic carbocycles. The molecule has 0 aromatic heterocycles. The van der Waals surface area contributed by atoms with Gasteiger partial charge >= 0.3 is 7.60 Å². The molecular formula is C21H19O3P. The Balaban J connectivity index is 2.05. The lowest BCUT2D eigenvalue weighted by atomic mass is 9.99. The molecule has 3 nitrogen and oxygen atoms in total. The van der Waals surface area contributed by atoms with Crippen LogP contribution in [0, 0.1) is 0 Å². The molecule has 0 bridgehead atoms. The maximum atomic E-state index is 13.7. The molecule has 25 heavy (non-hydrogen) atoms. The van der Waals surface area contributed by atoms with Gasteiger partial charge in [-0.05, 0) is 30.2 Å². The minimum atomic E-state index is -3.47. The molecule has 126 valence electrons. The second kappa shape index (κ2) is 6.18. The summed E-state index contributed by atoms with van der Waals surface area (Å²) in [4.78, 5) is 0. The maximum absolute atomic E-state index is 13.7. The topological polar surface area (TPSA) is 35.5 Å². The molecule has 0 spiro atoms. The summed E-state index contributed by atoms with van der Waals surface area (Å²) in [5.41, 5.74) is 2.80. The first-order valence-corrected chi connectivity index (χ1v) is 9.91. The lowest BCUT2D eigenvalue weighted by molar-refractivity contribution is 0.279. The molecule has 3 aromatic rings. The van der Waals surface area contributed by atoms with E-state index in [1.165, 1.54) is 0 Å². The van der Waals surface area contributed by atoms with E-state index in [4.69, 9.17) is 9.05 Å². The first-order chi connectivity index (χ1) is 12.1. The van der Waals surface area contributed by atoms with E-state index in [-0.39, 0.29) is 0 Å². The van der Waals surface area contributed by atoms with E-state index < -0.39 is 7.60 Å². The lowest BCUT2D eigenvalue weighted by Crippen LogP contribution is -2.20. The molecule has 0 fully saturated rings. The Morgan fingerprint density at radius 1 is 0.960 bits per heavy atom. The van der Waals surface area contributed by atoms with Gasteiger partial charge in [-0.15, -0.1) is 0 Å². The van der Waals surface area contributed by atoms with Gasteiger partial charge in [0.1, 0.15) is 5.76 Å². The Labute approximate surface area is 147 Å². The van der Waals surface area contributed by atoms with Gasteiger partial charge in [0.15, 0.2) is 0 Å². The molecule has 0 N–H and O–H groups in total. The van der Waals surface area contributed by atoms with Gasteiger partial charge in [-0.3, -0.25) is 4.52 Å². The van der Waals surface area contributed by atoms with Crippen molar-refractivity contribution in [1.29, 1.82) is 0 Å². The molecule has 1 heterocycles. The average Bonchev–Trinajstić information content (AvgIpc) is 2.65. The molecule has 0 aliphatic carbocycles. The van der Waals surface area contributed by atoms with Crippen LogP contribution in [0.5, 0.6) is 0 Å². The highest BCUT2D eigenvalue weighted by Gasteiger charge is 2.39. The molecule has 0 radical (unpaired) electrons. The molecule has 0 saturated carbocycles. The van der Waals surface area contributed by atoms with Crippen LogP contribution >= 0.6 is 7.60 Å². The van der Waals surface area contributed by atoms with Crippen molar-refractivity contribution in [2.24, 2.45) is 0 Å². The maximum Gasteiger partial charge on any atom is 0.412 e. The zero-order chi connectivity index (χ0) is 17.4. The van der Waals surface area contributed by atoms with Crippen molar-refractivity contribution in [3.63, 3.8) is 0 Å². The highest BCUT2D eigenvalue weighted by molar-refractivity contribution is 7.63. The van der Waals surface area contributed by atoms with Crippen molar-refractivity contribution in [2.75, 3.05) is 6.61 Å². The van der Waals surface area contributed by atoms with Crippen LogP contribution < -0.4 is 5.30 Å². The summed E-state index contributed by atoms with van der Waals surface area (Å²) in [6.45, 7) is 4.16. The molecule has 1 unspecified atom stereocenters. The van der Waals surface area contributed by atoms with Gasteiger partial charge in [0, 0.05) is 11.1 Å². The number of hydrogen-bond donors (Lipinski definition) is 0. The van der Waals surface area contributed by atoms with Crippen LogP contribution in [0.4, 0.5) is 0 Å². The fraction of sp³-hybridized carbons (Fsp3) is 0.143. The fourth-order valence-electron chi connectivity index (χ4n) is 3.33. The number of rotatable bonds is 3. The van der Waals surface area contributed by atoms with Gasteiger partial charge in [-0.1, -0.05) is 66.7 Å². The first-order valence-electron chi connectivity index (χ1n) is 8.37. The van der Waals surface area contributed by atoms with Crippen LogP contribution in [-0.4, -0.2) is 6.61 Å². The van der Waals surface area contributed by atoms with Crippen LogP contribution in [0.2, 0.25) is 0 Å². The van der Waals surface area contributed by atoms with Gasteiger partial charge in [0.05, 0.1) is 11.9 Å². The van der Waals surface area contributed by atoms with E-state index in [2.05, 4.69) is 6.07 Å². The Hall–Kier alpha value is -2.35. The van der Waals surface area contributed by atoms with E-state index in [1.54, 1.807) is 0 Å². The number of hydrogen-bond acceptors (Lipinski definition) is 3. The van der Waals surface area contributed by atoms with Gasteiger partial charge in [0.25, 0.3) is 0 Å². The van der Waals surface area contributed by atoms with Gasteiger partial charge in [-0.25, -0.2) is 4.57 Å². The Morgan fingerprint density at radius 3 is 2.44 bits per heavy atom. The van der Waals surface area contributed by atoms with Crippen LogP contribution in [-0.2, 0) is 13.6 Å². The molecule has 0 amide bonds. The van der Waals surface area contributed by atoms with E-state index in [1.807, 2.05) is 74.5 Å². The third-order valence-electron chi connectivity index (χ3n) is 4.47. The molecule has 1 aliphatic heterocycles. The largest absolute Gasteiger partial charge is 0.420 e. The average molecular weight is 350 g/mol. The summed E-state index contributed by atoms with van der Waals surface area (Å²) in [7, 11) is -3.47. The highest BCUT2D eigenvalue weighted by Crippen LogP contribution is 2.57. The Morgan fingerprint density at radius 2 is 1.68 bits per heavy atom. The van der Waals surface area contributed by atoms with Gasteiger partial charge < -0.3 is 4.52 Å². The SMILES string of the molecule is CCOP1(=O)OC(c2ccccc2)=C(C)c2ccc3ccccc3c21. The monoisotopic (exact) mass is 350 g/mol. The molecular weight excluding hydrogens is 331 g/mol. The van der Waals surface area contributed by atoms with Crippen molar-refractivity contribution in [1.82, 2.24) is 0 Å². The summed E-state index contributed by atoms with van der Waals surface area (Å²) in [6.07, 6.45) is 0. The standard InChI is InChI=1S/C21H19O3P/c1-3-23-25(22)21-18(14-13-16-9-7-8-12-19(16)21)15(2)20(24-25)17-10-5-4-6-11-17/h4-14H,3H2,1-2H3. The van der Waals surface area contributed by atoms with E-state index in [0.29, 0.717) is 17.7 Å². The van der Waals surface area contributed by atoms with Crippen LogP contribution in [0.15, 0.2) is 66.7 Å². The van der Waals surface area contributed by atoms with Crippen molar-refractivity contribution in [3.05, 3.63) is 77.9 Å². The first kappa shape index (κ1) is 16.1. The van der Waals surface area contributed by atoms with Crippen LogP contribution in [0.1, 0.15) is 25.0 Å². The number of benzene rings is 3. The normalized spacial score (nSPS) is 19.6. The van der Waals surface area contributed by atoms with Crippen molar-refractivity contribution in [2.45, 2.75) is 13.8 Å². The third kappa shape index (κ3) is 2.60. The smallest absolute Gasteiger partial charge is 0.412 e. The van der Waals surface area contributed by atoms with Gasteiger partial charge in [-0.2, -0.15) is 0 Å². The lowest BCUT2D eigenvalue weighted by Gasteiger charge is -2.30. The quantitative estimate of drug-likeness (QED) is 0.576. The van der Waals surface area contributed by atoms with Gasteiger partial charge in [0.2, 0.25) is 0 Å². The molecule has 4 heteroatoms. The Bertz CT molecular complexity index is 1020. The minimum Gasteiger partial charge on any atom is -0.420 e. The fourth-order valence-corrected chi connectivity index (χ4v) is 5.46. The van der Waals surface area contributed by atoms with Crippen molar-refractivity contribution in [3.8, 4) is 0 Å². The molecule has 1 atom stereocenters. The summed E-state index contributed by atoms with van der Waals surface area (Å²) in [5.74, 6) is 0.625. The predicted octanol–water partition coefficient (Wildman–Crippen LogP) is 5.61. The molecule has 0 saturated heterocycles. The van der Waals surface area contributed by atoms with Crippen LogP contribution in [0.25, 0.3) is 22.1 Å². The van der Waals surface area contributed by atoms with Crippen LogP contribution in [0.3, 0.4) is 0 Å². The number of allylic oxidation sites excluding steroid dienone is 1. The second-order valence-corrected chi connectivity index (χ2v) is 7.89. The summed E-state index contributed by atoms with van der Waals surface area (Å²) in [6, 6.07) is 21.7. The van der Waals surface area contributed by atoms with E-state index in [9.17, 15) is 4.57 Å². The number of fused-ring (bicyclic) bond motifs is 3. The summed E-state index contributed by atoms with van der Waals surface area (Å²) >= 11 is 0. The zero-order valence-electron chi connectivity index (χ0n) is 14.2. The third-order valence-corrected chi connectivity index (χ3v) is 6.52. The summed E-state index contributed by atoms with van der Waals surface area (Å²) in [5, 5.41) is 2.62. The highest BCUT2D eigenvalue weighted by atomic mass is 31.2.